The van der Waals surface area contributed by atoms with Crippen LogP contribution < -0.4 is 9.01 Å². The number of ketones is 1. The predicted octanol–water partition coefficient (Wildman–Crippen LogP) is 1.27. The van der Waals surface area contributed by atoms with Crippen molar-refractivity contribution in [3.63, 3.8) is 0 Å². The molecule has 0 spiro atoms. The zero-order chi connectivity index (χ0) is 16.2. The van der Waals surface area contributed by atoms with Crippen molar-refractivity contribution < 1.29 is 26.6 Å². The summed E-state index contributed by atoms with van der Waals surface area (Å²) in [5.74, 6) is -0.720. The first-order valence-electron chi connectivity index (χ1n) is 7.29. The first-order valence-corrected chi connectivity index (χ1v) is 8.87. The van der Waals surface area contributed by atoms with Gasteiger partial charge in [-0.25, -0.2) is 4.39 Å². The minimum atomic E-state index is -4.01. The number of carbonyl (C=O) groups excluding carboxylic acids is 1. The van der Waals surface area contributed by atoms with Gasteiger partial charge in [0.15, 0.2) is 5.82 Å². The topological polar surface area (TPSA) is 64.3 Å². The molecule has 1 aromatic heterocycles. The summed E-state index contributed by atoms with van der Waals surface area (Å²) in [6, 6.07) is 2.54. The Labute approximate surface area is 129 Å². The number of carbonyl (C=O) groups is 1. The molecule has 2 bridgehead atoms. The zero-order valence-electron chi connectivity index (χ0n) is 12.6. The van der Waals surface area contributed by atoms with Crippen molar-refractivity contribution in [2.75, 3.05) is 5.75 Å². The van der Waals surface area contributed by atoms with E-state index in [1.54, 1.807) is 0 Å². The summed E-state index contributed by atoms with van der Waals surface area (Å²) >= 11 is 0. The lowest BCUT2D eigenvalue weighted by Gasteiger charge is -2.35. The van der Waals surface area contributed by atoms with E-state index in [-0.39, 0.29) is 22.9 Å². The van der Waals surface area contributed by atoms with Crippen molar-refractivity contribution in [1.82, 2.24) is 0 Å². The highest BCUT2D eigenvalue weighted by Crippen LogP contribution is 2.64. The third kappa shape index (κ3) is 2.22. The number of nitrogens with zero attached hydrogens (tertiary/aromatic N) is 1. The van der Waals surface area contributed by atoms with Crippen molar-refractivity contribution in [3.05, 3.63) is 30.3 Å². The monoisotopic (exact) mass is 328 g/mol. The van der Waals surface area contributed by atoms with E-state index < -0.39 is 21.4 Å². The molecule has 1 aromatic rings. The summed E-state index contributed by atoms with van der Waals surface area (Å²) in [6.45, 7) is 3.92. The van der Waals surface area contributed by atoms with Crippen LogP contribution in [0, 0.1) is 22.6 Å². The number of rotatable bonds is 4. The summed E-state index contributed by atoms with van der Waals surface area (Å²) in [4.78, 5) is 12.4. The van der Waals surface area contributed by atoms with E-state index in [0.717, 1.165) is 17.3 Å². The highest BCUT2D eigenvalue weighted by Gasteiger charge is 2.66. The molecule has 2 unspecified atom stereocenters. The first kappa shape index (κ1) is 15.4. The molecule has 2 fully saturated rings. The fourth-order valence-electron chi connectivity index (χ4n) is 4.04. The molecular formula is C15H19FNO4S+. The van der Waals surface area contributed by atoms with E-state index in [4.69, 9.17) is 4.28 Å². The van der Waals surface area contributed by atoms with Crippen LogP contribution in [0.5, 0.6) is 0 Å². The number of halogens is 1. The van der Waals surface area contributed by atoms with Gasteiger partial charge >= 0.3 is 10.1 Å². The summed E-state index contributed by atoms with van der Waals surface area (Å²) in [6.07, 6.45) is 4.11. The molecule has 0 aromatic carbocycles. The first-order chi connectivity index (χ1) is 10.2. The molecule has 3 rings (SSSR count). The quantitative estimate of drug-likeness (QED) is 0.781. The molecule has 0 amide bonds. The molecule has 5 nitrogen and oxygen atoms in total. The lowest BCUT2D eigenvalue weighted by atomic mass is 9.70. The maximum atomic E-state index is 13.1. The van der Waals surface area contributed by atoms with Crippen molar-refractivity contribution in [2.24, 2.45) is 16.7 Å². The average molecular weight is 328 g/mol. The molecule has 7 heteroatoms. The maximum absolute atomic E-state index is 13.1. The van der Waals surface area contributed by atoms with Crippen LogP contribution in [0.3, 0.4) is 0 Å². The van der Waals surface area contributed by atoms with Crippen LogP contribution in [0.2, 0.25) is 0 Å². The average Bonchev–Trinajstić information content (AvgIpc) is 2.71. The fraction of sp³-hybridized carbons (Fsp3) is 0.600. The van der Waals surface area contributed by atoms with Gasteiger partial charge in [0.1, 0.15) is 11.5 Å². The molecule has 0 radical (unpaired) electrons. The fourth-order valence-corrected chi connectivity index (χ4v) is 5.73. The summed E-state index contributed by atoms with van der Waals surface area (Å²) in [5.41, 5.74) is -1.24. The van der Waals surface area contributed by atoms with Gasteiger partial charge in [0.25, 0.3) is 6.20 Å². The van der Waals surface area contributed by atoms with E-state index in [9.17, 15) is 17.6 Å². The van der Waals surface area contributed by atoms with Crippen LogP contribution in [0.4, 0.5) is 4.39 Å². The number of Topliss-reactive ketones (excluding diaryl/α,β-unsaturated/α-hetero) is 1. The van der Waals surface area contributed by atoms with Crippen LogP contribution in [0.1, 0.15) is 33.1 Å². The molecule has 0 aliphatic heterocycles. The van der Waals surface area contributed by atoms with E-state index in [2.05, 4.69) is 0 Å². The maximum Gasteiger partial charge on any atom is 0.368 e. The highest BCUT2D eigenvalue weighted by atomic mass is 32.2. The Morgan fingerprint density at radius 2 is 2.18 bits per heavy atom. The largest absolute Gasteiger partial charge is 0.368 e. The number of hydrogen-bond acceptors (Lipinski definition) is 4. The molecule has 0 N–H and O–H groups in total. The number of hydrogen-bond donors (Lipinski definition) is 0. The Morgan fingerprint density at radius 3 is 2.73 bits per heavy atom. The minimum absolute atomic E-state index is 0.00478. The van der Waals surface area contributed by atoms with E-state index in [0.29, 0.717) is 12.8 Å². The normalized spacial score (nSPS) is 29.8. The van der Waals surface area contributed by atoms with Gasteiger partial charge in [-0.1, -0.05) is 13.8 Å². The minimum Gasteiger partial charge on any atom is -0.299 e. The number of fused-ring (bicyclic) bond motifs is 2. The van der Waals surface area contributed by atoms with E-state index >= 15 is 0 Å². The van der Waals surface area contributed by atoms with Crippen molar-refractivity contribution in [2.45, 2.75) is 33.1 Å². The Morgan fingerprint density at radius 1 is 1.45 bits per heavy atom. The summed E-state index contributed by atoms with van der Waals surface area (Å²) < 4.78 is 43.6. The van der Waals surface area contributed by atoms with Gasteiger partial charge in [0.2, 0.25) is 6.20 Å². The number of aromatic nitrogens is 1. The summed E-state index contributed by atoms with van der Waals surface area (Å²) in [7, 11) is -4.01. The van der Waals surface area contributed by atoms with E-state index in [1.807, 2.05) is 13.8 Å². The molecule has 120 valence electrons. The lowest BCUT2D eigenvalue weighted by Crippen LogP contribution is -2.51. The third-order valence-electron chi connectivity index (χ3n) is 5.50. The Balaban J connectivity index is 1.87. The second-order valence-corrected chi connectivity index (χ2v) is 8.38. The van der Waals surface area contributed by atoms with Gasteiger partial charge in [-0.15, -0.1) is 4.28 Å². The van der Waals surface area contributed by atoms with Crippen LogP contribution in [0.15, 0.2) is 24.5 Å². The Hall–Kier alpha value is -1.50. The van der Waals surface area contributed by atoms with Gasteiger partial charge in [0.05, 0.1) is 5.41 Å². The van der Waals surface area contributed by atoms with Gasteiger partial charge in [-0.05, 0) is 30.2 Å². The van der Waals surface area contributed by atoms with Gasteiger partial charge in [-0.2, -0.15) is 8.42 Å². The molecule has 2 aliphatic rings. The van der Waals surface area contributed by atoms with E-state index in [1.165, 1.54) is 18.3 Å². The van der Waals surface area contributed by atoms with Crippen molar-refractivity contribution in [1.29, 1.82) is 0 Å². The van der Waals surface area contributed by atoms with Gasteiger partial charge < -0.3 is 0 Å². The molecule has 1 heterocycles. The molecular weight excluding hydrogens is 309 g/mol. The second-order valence-electron chi connectivity index (χ2n) is 6.83. The standard InChI is InChI=1S/C15H19FNO4S/c1-14(2)11-5-6-15(14,13(18)8-11)10-22(19,20)21-17-7-3-4-12(16)9-17/h3-4,7,9,11H,5-6,8,10H2,1-2H3/q+1. The molecule has 2 atom stereocenters. The smallest absolute Gasteiger partial charge is 0.299 e. The molecule has 2 aliphatic carbocycles. The SMILES string of the molecule is CC1(C)C2CCC1(CS(=O)(=O)O[n+]1cccc(F)c1)C(=O)C2. The van der Waals surface area contributed by atoms with Gasteiger partial charge in [-0.3, -0.25) is 4.79 Å². The van der Waals surface area contributed by atoms with Gasteiger partial charge in [0, 0.05) is 17.2 Å². The number of pyridine rings is 1. The Kier molecular flexibility index (Phi) is 3.32. The lowest BCUT2D eigenvalue weighted by molar-refractivity contribution is -0.857. The third-order valence-corrected chi connectivity index (χ3v) is 6.75. The molecule has 2 saturated carbocycles. The second kappa shape index (κ2) is 4.75. The van der Waals surface area contributed by atoms with Crippen LogP contribution in [0.25, 0.3) is 0 Å². The van der Waals surface area contributed by atoms with Crippen molar-refractivity contribution in [3.8, 4) is 0 Å². The van der Waals surface area contributed by atoms with Crippen LogP contribution >= 0.6 is 0 Å². The van der Waals surface area contributed by atoms with Crippen molar-refractivity contribution >= 4 is 15.9 Å². The Bertz CT molecular complexity index is 731. The predicted molar refractivity (Wildman–Crippen MR) is 75.5 cm³/mol. The highest BCUT2D eigenvalue weighted by molar-refractivity contribution is 7.86. The van der Waals surface area contributed by atoms with Crippen LogP contribution in [-0.2, 0) is 14.9 Å². The summed E-state index contributed by atoms with van der Waals surface area (Å²) in [5, 5.41) is 0. The van der Waals surface area contributed by atoms with Crippen LogP contribution in [-0.4, -0.2) is 20.0 Å². The molecule has 0 saturated heterocycles. The molecule has 22 heavy (non-hydrogen) atoms. The zero-order valence-corrected chi connectivity index (χ0v) is 13.4.